The topological polar surface area (TPSA) is 50.2 Å². The normalized spacial score (nSPS) is 12.9. The molecule has 1 N–H and O–H groups in total. The van der Waals surface area contributed by atoms with Crippen LogP contribution in [0.1, 0.15) is 119 Å². The maximum Gasteiger partial charge on any atom is 0.164 e. The zero-order chi connectivity index (χ0) is 37.9. The number of aliphatic hydroxyl groups excluding tert-OH is 1. The number of pyridine rings is 1. The molecule has 5 aromatic rings. The van der Waals surface area contributed by atoms with Gasteiger partial charge in [0.15, 0.2) is 5.78 Å². The second-order valence-electron chi connectivity index (χ2n) is 16.7. The van der Waals surface area contributed by atoms with E-state index in [1.165, 1.54) is 48.3 Å². The molecule has 0 fully saturated rings. The Morgan fingerprint density at radius 3 is 2.02 bits per heavy atom. The molecule has 0 atom stereocenters. The summed E-state index contributed by atoms with van der Waals surface area (Å²) in [7, 11) is 0. The predicted octanol–water partition coefficient (Wildman–Crippen LogP) is 13.9. The zero-order valence-electron chi connectivity index (χ0n) is 33.4. The van der Waals surface area contributed by atoms with E-state index in [4.69, 9.17) is 4.98 Å². The first-order chi connectivity index (χ1) is 23.9. The first-order valence-corrected chi connectivity index (χ1v) is 19.5. The number of carbonyl (C=O) groups excluding carboxylic acids is 1. The summed E-state index contributed by atoms with van der Waals surface area (Å²) < 4.78 is 16.0. The quantitative estimate of drug-likeness (QED) is 0.0816. The van der Waals surface area contributed by atoms with E-state index in [0.29, 0.717) is 0 Å². The Labute approximate surface area is 329 Å². The number of thiophene rings is 1. The Balaban J connectivity index is 0.000000347. The third-order valence-corrected chi connectivity index (χ3v) is 12.7. The van der Waals surface area contributed by atoms with E-state index < -0.39 is 0 Å². The number of alkyl halides is 1. The van der Waals surface area contributed by atoms with Crippen molar-refractivity contribution in [1.29, 1.82) is 0 Å². The van der Waals surface area contributed by atoms with Gasteiger partial charge in [-0.3, -0.25) is 14.2 Å². The Morgan fingerprint density at radius 2 is 1.44 bits per heavy atom. The van der Waals surface area contributed by atoms with Crippen molar-refractivity contribution in [2.24, 2.45) is 16.2 Å². The fraction of sp³-hybridized carbons (Fsp3) is 0.478. The fourth-order valence-corrected chi connectivity index (χ4v) is 7.87. The van der Waals surface area contributed by atoms with Crippen molar-refractivity contribution in [3.05, 3.63) is 89.3 Å². The van der Waals surface area contributed by atoms with Gasteiger partial charge in [-0.05, 0) is 72.4 Å². The smallest absolute Gasteiger partial charge is 0.164 e. The first kappa shape index (κ1) is 43.5. The van der Waals surface area contributed by atoms with E-state index in [2.05, 4.69) is 82.3 Å². The van der Waals surface area contributed by atoms with Crippen LogP contribution >= 0.6 is 11.3 Å². The number of rotatable bonds is 11. The molecule has 52 heavy (non-hydrogen) atoms. The second kappa shape index (κ2) is 17.0. The van der Waals surface area contributed by atoms with Gasteiger partial charge in [-0.15, -0.1) is 40.5 Å². The van der Waals surface area contributed by atoms with Crippen molar-refractivity contribution in [2.75, 3.05) is 6.67 Å². The predicted molar refractivity (Wildman–Crippen MR) is 219 cm³/mol. The van der Waals surface area contributed by atoms with Gasteiger partial charge in [0.25, 0.3) is 0 Å². The summed E-state index contributed by atoms with van der Waals surface area (Å²) in [5, 5.41) is 15.0. The molecule has 1 radical (unpaired) electrons. The number of hydrogen-bond acceptors (Lipinski definition) is 4. The van der Waals surface area contributed by atoms with Gasteiger partial charge in [-0.1, -0.05) is 117 Å². The van der Waals surface area contributed by atoms with Gasteiger partial charge in [0.1, 0.15) is 5.76 Å². The Bertz CT molecular complexity index is 2040. The SMILES string of the molecule is CCC(C)(CC)C(=O)/C=C(\O)C(C)(CC)CC.Cc1c(CC(C)(C)CF)ccc2c1sc1c(-c3[c-]c4ccccc4c(C(C)(C)C)c3)nccc12.[Ir]. The molecule has 0 unspecified atom stereocenters. The number of benzene rings is 3. The van der Waals surface area contributed by atoms with Crippen molar-refractivity contribution in [2.45, 2.75) is 121 Å². The van der Waals surface area contributed by atoms with E-state index in [1.54, 1.807) is 11.3 Å². The van der Waals surface area contributed by atoms with Crippen LogP contribution < -0.4 is 0 Å². The molecular weight excluding hydrogens is 842 g/mol. The molecule has 0 amide bonds. The number of aryl methyl sites for hydroxylation is 1. The van der Waals surface area contributed by atoms with Crippen molar-refractivity contribution in [3.63, 3.8) is 0 Å². The number of ketones is 1. The molecule has 0 aliphatic carbocycles. The molecular formula is C46H59FIrNO2S-. The number of nitrogens with zero attached hydrogens (tertiary/aromatic N) is 1. The standard InChI is InChI=1S/C31H31FNS.C15H28O2.Ir/c1-19-21(17-31(5,6)18-32)11-12-24-25-13-14-33-27(29(25)34-28(19)24)22-15-20-9-7-8-10-23(20)26(16-22)30(2,3)4;1-7-14(5,8-2)12(16)11-13(17)15(6,9-3)10-4;/h7-14,16H,17-18H2,1-6H3;11,16H,7-10H2,1-6H3;/q-1;;/b;12-11-;. The summed E-state index contributed by atoms with van der Waals surface area (Å²) in [6, 6.07) is 20.9. The average Bonchev–Trinajstić information content (AvgIpc) is 3.51. The molecule has 0 aliphatic heterocycles. The molecule has 0 spiro atoms. The number of hydrogen-bond donors (Lipinski definition) is 1. The van der Waals surface area contributed by atoms with Gasteiger partial charge in [-0.25, -0.2) is 0 Å². The van der Waals surface area contributed by atoms with E-state index in [-0.39, 0.29) is 60.0 Å². The minimum Gasteiger partial charge on any atom is -0.512 e. The number of halogens is 1. The van der Waals surface area contributed by atoms with Crippen molar-refractivity contribution >= 4 is 48.1 Å². The minimum absolute atomic E-state index is 0. The van der Waals surface area contributed by atoms with Crippen LogP contribution in [0.25, 0.3) is 42.2 Å². The van der Waals surface area contributed by atoms with Crippen LogP contribution in [0, 0.1) is 29.2 Å². The molecule has 5 rings (SSSR count). The molecule has 2 heterocycles. The number of carbonyl (C=O) groups is 1. The third kappa shape index (κ3) is 9.05. The maximum atomic E-state index is 13.5. The van der Waals surface area contributed by atoms with Crippen LogP contribution in [0.15, 0.2) is 66.6 Å². The summed E-state index contributed by atoms with van der Waals surface area (Å²) >= 11 is 1.80. The van der Waals surface area contributed by atoms with Crippen LogP contribution in [0.4, 0.5) is 4.39 Å². The second-order valence-corrected chi connectivity index (χ2v) is 17.7. The number of fused-ring (bicyclic) bond motifs is 4. The van der Waals surface area contributed by atoms with Crippen LogP contribution in [-0.4, -0.2) is 22.5 Å². The minimum atomic E-state index is -0.356. The summed E-state index contributed by atoms with van der Waals surface area (Å²) in [5.41, 5.74) is 4.86. The largest absolute Gasteiger partial charge is 0.512 e. The molecule has 283 valence electrons. The molecule has 3 nitrogen and oxygen atoms in total. The van der Waals surface area contributed by atoms with Crippen LogP contribution in [0.3, 0.4) is 0 Å². The van der Waals surface area contributed by atoms with Gasteiger partial charge in [-0.2, -0.15) is 0 Å². The summed E-state index contributed by atoms with van der Waals surface area (Å²) in [5.74, 6) is 0.286. The molecule has 2 aromatic heterocycles. The Kier molecular flexibility index (Phi) is 14.3. The van der Waals surface area contributed by atoms with Gasteiger partial charge in [0.05, 0.1) is 6.67 Å². The van der Waals surface area contributed by atoms with Crippen LogP contribution in [0.2, 0.25) is 0 Å². The van der Waals surface area contributed by atoms with E-state index in [1.807, 2.05) is 61.6 Å². The molecule has 0 saturated heterocycles. The van der Waals surface area contributed by atoms with Gasteiger partial charge in [0.2, 0.25) is 0 Å². The third-order valence-electron chi connectivity index (χ3n) is 11.4. The molecule has 0 bridgehead atoms. The first-order valence-electron chi connectivity index (χ1n) is 18.7. The number of allylic oxidation sites excluding steroid dienone is 2. The van der Waals surface area contributed by atoms with E-state index >= 15 is 0 Å². The number of aromatic nitrogens is 1. The molecule has 6 heteroatoms. The molecule has 3 aromatic carbocycles. The average molecular weight is 901 g/mol. The molecule has 0 saturated carbocycles. The Hall–Kier alpha value is -2.92. The van der Waals surface area contributed by atoms with Crippen LogP contribution in [0.5, 0.6) is 0 Å². The van der Waals surface area contributed by atoms with Crippen molar-refractivity contribution in [1.82, 2.24) is 4.98 Å². The Morgan fingerprint density at radius 1 is 0.846 bits per heavy atom. The van der Waals surface area contributed by atoms with Gasteiger partial charge >= 0.3 is 0 Å². The van der Waals surface area contributed by atoms with Crippen molar-refractivity contribution < 1.29 is 34.4 Å². The number of aliphatic hydroxyl groups is 1. The van der Waals surface area contributed by atoms with Crippen molar-refractivity contribution in [3.8, 4) is 11.3 Å². The summed E-state index contributed by atoms with van der Waals surface area (Å²) in [6.07, 6.45) is 7.40. The fourth-order valence-electron chi connectivity index (χ4n) is 6.55. The van der Waals surface area contributed by atoms with E-state index in [9.17, 15) is 14.3 Å². The summed E-state index contributed by atoms with van der Waals surface area (Å²) in [4.78, 5) is 17.0. The van der Waals surface area contributed by atoms with Gasteiger partial charge in [0, 0.05) is 63.7 Å². The maximum absolute atomic E-state index is 13.5. The van der Waals surface area contributed by atoms with Gasteiger partial charge < -0.3 is 5.11 Å². The van der Waals surface area contributed by atoms with E-state index in [0.717, 1.165) is 48.7 Å². The summed E-state index contributed by atoms with van der Waals surface area (Å²) in [6.45, 7) is 24.7. The van der Waals surface area contributed by atoms with Crippen LogP contribution in [-0.2, 0) is 36.7 Å². The molecule has 0 aliphatic rings. The zero-order valence-corrected chi connectivity index (χ0v) is 36.6. The monoisotopic (exact) mass is 901 g/mol.